The van der Waals surface area contributed by atoms with Gasteiger partial charge >= 0.3 is 5.97 Å². The van der Waals surface area contributed by atoms with Crippen LogP contribution < -0.4 is 5.73 Å². The highest BCUT2D eigenvalue weighted by Gasteiger charge is 2.26. The summed E-state index contributed by atoms with van der Waals surface area (Å²) < 4.78 is 4.46. The Hall–Kier alpha value is -0.870. The van der Waals surface area contributed by atoms with Crippen molar-refractivity contribution in [3.05, 3.63) is 11.6 Å². The summed E-state index contributed by atoms with van der Waals surface area (Å²) in [6.45, 7) is 0. The normalized spacial score (nSPS) is 29.9. The molecule has 0 aromatic carbocycles. The van der Waals surface area contributed by atoms with Gasteiger partial charge in [0.2, 0.25) is 0 Å². The molecule has 0 spiro atoms. The molecule has 0 unspecified atom stereocenters. The molecule has 0 amide bonds. The molecule has 0 aromatic rings. The standard InChI is InChI=1S/C7H11NO3/c1-11-7(10)4-2-5(8)6(9)3-4/h3,5-6,9H,2,8H2,1H3/t5-,6+/m0/s1. The highest BCUT2D eigenvalue weighted by molar-refractivity contribution is 5.89. The number of ether oxygens (including phenoxy) is 1. The first kappa shape index (κ1) is 8.23. The van der Waals surface area contributed by atoms with Crippen molar-refractivity contribution in [3.63, 3.8) is 0 Å². The van der Waals surface area contributed by atoms with Crippen LogP contribution in [-0.2, 0) is 9.53 Å². The van der Waals surface area contributed by atoms with E-state index in [1.807, 2.05) is 0 Å². The zero-order chi connectivity index (χ0) is 8.43. The Morgan fingerprint density at radius 3 is 2.91 bits per heavy atom. The molecule has 11 heavy (non-hydrogen) atoms. The van der Waals surface area contributed by atoms with E-state index >= 15 is 0 Å². The number of carbonyl (C=O) groups is 1. The van der Waals surface area contributed by atoms with Crippen LogP contribution >= 0.6 is 0 Å². The van der Waals surface area contributed by atoms with Crippen molar-refractivity contribution in [1.29, 1.82) is 0 Å². The summed E-state index contributed by atoms with van der Waals surface area (Å²) in [7, 11) is 1.30. The summed E-state index contributed by atoms with van der Waals surface area (Å²) >= 11 is 0. The van der Waals surface area contributed by atoms with Crippen LogP contribution in [-0.4, -0.2) is 30.3 Å². The lowest BCUT2D eigenvalue weighted by Gasteiger charge is -2.05. The Labute approximate surface area is 64.6 Å². The van der Waals surface area contributed by atoms with Gasteiger partial charge in [-0.3, -0.25) is 0 Å². The Balaban J connectivity index is 2.63. The maximum absolute atomic E-state index is 10.8. The summed E-state index contributed by atoms with van der Waals surface area (Å²) in [5.41, 5.74) is 5.92. The fourth-order valence-corrected chi connectivity index (χ4v) is 1.05. The minimum atomic E-state index is -0.705. The Kier molecular flexibility index (Phi) is 2.26. The third-order valence-electron chi connectivity index (χ3n) is 1.71. The fraction of sp³-hybridized carbons (Fsp3) is 0.571. The van der Waals surface area contributed by atoms with Gasteiger partial charge in [0.1, 0.15) is 0 Å². The average Bonchev–Trinajstić information content (AvgIpc) is 2.31. The first-order valence-electron chi connectivity index (χ1n) is 3.38. The second-order valence-corrected chi connectivity index (χ2v) is 2.54. The van der Waals surface area contributed by atoms with E-state index in [-0.39, 0.29) is 6.04 Å². The number of nitrogens with two attached hydrogens (primary N) is 1. The number of esters is 1. The SMILES string of the molecule is COC(=O)C1=C[C@@H](O)[C@@H](N)C1. The molecule has 0 bridgehead atoms. The van der Waals surface area contributed by atoms with Crippen molar-refractivity contribution in [3.8, 4) is 0 Å². The molecule has 0 aromatic heterocycles. The van der Waals surface area contributed by atoms with E-state index < -0.39 is 12.1 Å². The molecule has 0 aliphatic heterocycles. The lowest BCUT2D eigenvalue weighted by atomic mass is 10.2. The van der Waals surface area contributed by atoms with Crippen LogP contribution in [0, 0.1) is 0 Å². The lowest BCUT2D eigenvalue weighted by Crippen LogP contribution is -2.29. The van der Waals surface area contributed by atoms with Crippen LogP contribution in [0.2, 0.25) is 0 Å². The molecule has 4 heteroatoms. The predicted molar refractivity (Wildman–Crippen MR) is 38.7 cm³/mol. The minimum absolute atomic E-state index is 0.357. The Morgan fingerprint density at radius 1 is 1.91 bits per heavy atom. The number of carbonyl (C=O) groups excluding carboxylic acids is 1. The van der Waals surface area contributed by atoms with Gasteiger partial charge in [0.05, 0.1) is 13.2 Å². The van der Waals surface area contributed by atoms with Gasteiger partial charge in [0, 0.05) is 11.6 Å². The predicted octanol–water partition coefficient (Wildman–Crippen LogP) is -0.822. The monoisotopic (exact) mass is 157 g/mol. The van der Waals surface area contributed by atoms with Gasteiger partial charge in [-0.05, 0) is 12.5 Å². The Morgan fingerprint density at radius 2 is 2.55 bits per heavy atom. The quantitative estimate of drug-likeness (QED) is 0.488. The van der Waals surface area contributed by atoms with E-state index in [9.17, 15) is 4.79 Å². The highest BCUT2D eigenvalue weighted by atomic mass is 16.5. The van der Waals surface area contributed by atoms with Crippen molar-refractivity contribution >= 4 is 5.97 Å². The lowest BCUT2D eigenvalue weighted by molar-refractivity contribution is -0.136. The van der Waals surface area contributed by atoms with Crippen molar-refractivity contribution in [2.45, 2.75) is 18.6 Å². The maximum Gasteiger partial charge on any atom is 0.333 e. The molecule has 1 rings (SSSR count). The number of methoxy groups -OCH3 is 1. The number of aliphatic hydroxyl groups is 1. The van der Waals surface area contributed by atoms with E-state index in [0.29, 0.717) is 12.0 Å². The van der Waals surface area contributed by atoms with Crippen LogP contribution in [0.25, 0.3) is 0 Å². The van der Waals surface area contributed by atoms with E-state index in [4.69, 9.17) is 10.8 Å². The van der Waals surface area contributed by atoms with Gasteiger partial charge in [0.15, 0.2) is 0 Å². The molecule has 0 saturated carbocycles. The second-order valence-electron chi connectivity index (χ2n) is 2.54. The molecule has 0 saturated heterocycles. The summed E-state index contributed by atoms with van der Waals surface area (Å²) in [5.74, 6) is -0.406. The number of hydrogen-bond donors (Lipinski definition) is 2. The molecule has 62 valence electrons. The zero-order valence-electron chi connectivity index (χ0n) is 6.28. The Bertz CT molecular complexity index is 200. The number of rotatable bonds is 1. The summed E-state index contributed by atoms with van der Waals surface area (Å²) in [4.78, 5) is 10.8. The summed E-state index contributed by atoms with van der Waals surface area (Å²) in [6.07, 6.45) is 1.13. The van der Waals surface area contributed by atoms with Crippen LogP contribution in [0.1, 0.15) is 6.42 Å². The zero-order valence-corrected chi connectivity index (χ0v) is 6.28. The van der Waals surface area contributed by atoms with Gasteiger partial charge in [-0.15, -0.1) is 0 Å². The minimum Gasteiger partial charge on any atom is -0.466 e. The smallest absolute Gasteiger partial charge is 0.333 e. The van der Waals surface area contributed by atoms with Crippen LogP contribution in [0.15, 0.2) is 11.6 Å². The first-order valence-corrected chi connectivity index (χ1v) is 3.38. The number of aliphatic hydroxyl groups excluding tert-OH is 1. The molecule has 4 nitrogen and oxygen atoms in total. The van der Waals surface area contributed by atoms with Crippen LogP contribution in [0.3, 0.4) is 0 Å². The maximum atomic E-state index is 10.8. The summed E-state index contributed by atoms with van der Waals surface area (Å²) in [6, 6.07) is -0.357. The van der Waals surface area contributed by atoms with Crippen molar-refractivity contribution in [2.75, 3.05) is 7.11 Å². The molecule has 0 heterocycles. The topological polar surface area (TPSA) is 72.5 Å². The molecule has 0 radical (unpaired) electrons. The van der Waals surface area contributed by atoms with E-state index in [1.165, 1.54) is 13.2 Å². The fourth-order valence-electron chi connectivity index (χ4n) is 1.05. The van der Waals surface area contributed by atoms with Crippen molar-refractivity contribution < 1.29 is 14.6 Å². The van der Waals surface area contributed by atoms with Gasteiger partial charge in [-0.1, -0.05) is 0 Å². The number of hydrogen-bond acceptors (Lipinski definition) is 4. The van der Waals surface area contributed by atoms with Gasteiger partial charge in [-0.25, -0.2) is 4.79 Å². The van der Waals surface area contributed by atoms with Gasteiger partial charge in [0.25, 0.3) is 0 Å². The van der Waals surface area contributed by atoms with E-state index in [2.05, 4.69) is 4.74 Å². The van der Waals surface area contributed by atoms with Gasteiger partial charge < -0.3 is 15.6 Å². The second kappa shape index (κ2) is 3.02. The molecule has 0 fully saturated rings. The van der Waals surface area contributed by atoms with Crippen LogP contribution in [0.5, 0.6) is 0 Å². The summed E-state index contributed by atoms with van der Waals surface area (Å²) in [5, 5.41) is 9.10. The average molecular weight is 157 g/mol. The van der Waals surface area contributed by atoms with Gasteiger partial charge in [-0.2, -0.15) is 0 Å². The van der Waals surface area contributed by atoms with E-state index in [1.54, 1.807) is 0 Å². The molecule has 3 N–H and O–H groups in total. The largest absolute Gasteiger partial charge is 0.466 e. The third-order valence-corrected chi connectivity index (χ3v) is 1.71. The molecular formula is C7H11NO3. The molecule has 2 atom stereocenters. The molecular weight excluding hydrogens is 146 g/mol. The highest BCUT2D eigenvalue weighted by Crippen LogP contribution is 2.18. The first-order chi connectivity index (χ1) is 5.15. The van der Waals surface area contributed by atoms with Crippen LogP contribution in [0.4, 0.5) is 0 Å². The third kappa shape index (κ3) is 1.58. The van der Waals surface area contributed by atoms with Crippen molar-refractivity contribution in [2.24, 2.45) is 5.73 Å². The van der Waals surface area contributed by atoms with E-state index in [0.717, 1.165) is 0 Å². The molecule has 1 aliphatic carbocycles. The van der Waals surface area contributed by atoms with Crippen molar-refractivity contribution in [1.82, 2.24) is 0 Å². The molecule has 1 aliphatic rings.